The largest absolute Gasteiger partial charge is 0.393 e. The van der Waals surface area contributed by atoms with Crippen LogP contribution in [0.2, 0.25) is 0 Å². The summed E-state index contributed by atoms with van der Waals surface area (Å²) >= 11 is 0. The average Bonchev–Trinajstić information content (AvgIpc) is 2.84. The van der Waals surface area contributed by atoms with Gasteiger partial charge in [0.15, 0.2) is 0 Å². The predicted molar refractivity (Wildman–Crippen MR) is 131 cm³/mol. The van der Waals surface area contributed by atoms with E-state index in [0.717, 1.165) is 18.4 Å². The maximum Gasteiger partial charge on any atom is 0.0602 e. The molecule has 6 atom stereocenters. The molecule has 2 saturated carbocycles. The number of aliphatic hydroxyl groups excluding tert-OH is 2. The summed E-state index contributed by atoms with van der Waals surface area (Å²) in [6.07, 6.45) is 14.7. The second-order valence-corrected chi connectivity index (χ2v) is 12.4. The first kappa shape index (κ1) is 26.6. The van der Waals surface area contributed by atoms with E-state index in [-0.39, 0.29) is 5.41 Å². The van der Waals surface area contributed by atoms with E-state index in [1.165, 1.54) is 25.7 Å². The third kappa shape index (κ3) is 7.17. The first-order chi connectivity index (χ1) is 14.2. The van der Waals surface area contributed by atoms with E-state index >= 15 is 0 Å². The van der Waals surface area contributed by atoms with Crippen molar-refractivity contribution in [1.82, 2.24) is 0 Å². The number of allylic oxidation sites excluding steroid dienone is 3. The van der Waals surface area contributed by atoms with Gasteiger partial charge >= 0.3 is 0 Å². The third-order valence-corrected chi connectivity index (χ3v) is 8.92. The highest BCUT2D eigenvalue weighted by atomic mass is 16.3. The van der Waals surface area contributed by atoms with Crippen molar-refractivity contribution >= 4 is 0 Å². The van der Waals surface area contributed by atoms with Crippen molar-refractivity contribution in [2.24, 2.45) is 28.6 Å². The summed E-state index contributed by atoms with van der Waals surface area (Å²) in [5, 5.41) is 29.8. The smallest absolute Gasteiger partial charge is 0.0602 e. The van der Waals surface area contributed by atoms with Gasteiger partial charge in [0.1, 0.15) is 0 Å². The molecule has 2 fully saturated rings. The highest BCUT2D eigenvalue weighted by Crippen LogP contribution is 2.61. The molecule has 2 aliphatic carbocycles. The molecule has 1 unspecified atom stereocenters. The van der Waals surface area contributed by atoms with Crippen LogP contribution < -0.4 is 0 Å². The number of hydrogen-bond donors (Lipinski definition) is 3. The Morgan fingerprint density at radius 3 is 2.29 bits per heavy atom. The monoisotopic (exact) mass is 434 g/mol. The first-order valence-electron chi connectivity index (χ1n) is 12.7. The Kier molecular flexibility index (Phi) is 9.04. The van der Waals surface area contributed by atoms with Crippen LogP contribution in [0, 0.1) is 28.6 Å². The fourth-order valence-electron chi connectivity index (χ4n) is 6.28. The Balaban J connectivity index is 1.95. The molecule has 0 aliphatic heterocycles. The van der Waals surface area contributed by atoms with Gasteiger partial charge in [-0.2, -0.15) is 0 Å². The van der Waals surface area contributed by atoms with Crippen molar-refractivity contribution in [1.29, 1.82) is 0 Å². The van der Waals surface area contributed by atoms with E-state index in [0.29, 0.717) is 42.4 Å². The molecule has 0 aromatic rings. The third-order valence-electron chi connectivity index (χ3n) is 8.92. The highest BCUT2D eigenvalue weighted by Gasteiger charge is 2.52. The number of rotatable bonds is 9. The summed E-state index contributed by atoms with van der Waals surface area (Å²) in [4.78, 5) is 0. The number of aliphatic hydroxyl groups is 3. The van der Waals surface area contributed by atoms with E-state index in [2.05, 4.69) is 52.8 Å². The summed E-state index contributed by atoms with van der Waals surface area (Å²) in [5.41, 5.74) is 1.17. The Labute approximate surface area is 192 Å². The summed E-state index contributed by atoms with van der Waals surface area (Å²) in [5.74, 6) is 1.91. The van der Waals surface area contributed by atoms with E-state index in [4.69, 9.17) is 0 Å². The van der Waals surface area contributed by atoms with Crippen LogP contribution in [0.3, 0.4) is 0 Å². The van der Waals surface area contributed by atoms with E-state index in [1.807, 2.05) is 13.8 Å². The van der Waals surface area contributed by atoms with Crippen molar-refractivity contribution < 1.29 is 15.3 Å². The summed E-state index contributed by atoms with van der Waals surface area (Å²) < 4.78 is 0. The van der Waals surface area contributed by atoms with Gasteiger partial charge in [-0.15, -0.1) is 0 Å². The van der Waals surface area contributed by atoms with Crippen LogP contribution >= 0.6 is 0 Å². The molecular formula is C28H50O3. The zero-order valence-electron chi connectivity index (χ0n) is 21.3. The SMILES string of the molecule is CC(CCCC(C)(C)O)C[C@@H](C)[C@@]1(C)CC[C@@H](/C=C/C=C2C[C@@H](O)C[C@H](O)C2)C1(C)C. The topological polar surface area (TPSA) is 60.7 Å². The summed E-state index contributed by atoms with van der Waals surface area (Å²) in [7, 11) is 0. The van der Waals surface area contributed by atoms with E-state index in [9.17, 15) is 15.3 Å². The second kappa shape index (κ2) is 10.5. The molecule has 2 aliphatic rings. The Hall–Kier alpha value is -0.640. The van der Waals surface area contributed by atoms with Crippen molar-refractivity contribution in [3.63, 3.8) is 0 Å². The highest BCUT2D eigenvalue weighted by molar-refractivity contribution is 5.19. The zero-order chi connectivity index (χ0) is 23.4. The van der Waals surface area contributed by atoms with Crippen LogP contribution in [0.15, 0.2) is 23.8 Å². The molecule has 0 bridgehead atoms. The lowest BCUT2D eigenvalue weighted by atomic mass is 9.58. The van der Waals surface area contributed by atoms with Gasteiger partial charge in [0.25, 0.3) is 0 Å². The molecule has 0 spiro atoms. The minimum Gasteiger partial charge on any atom is -0.393 e. The second-order valence-electron chi connectivity index (χ2n) is 12.4. The fourth-order valence-corrected chi connectivity index (χ4v) is 6.28. The summed E-state index contributed by atoms with van der Waals surface area (Å²) in [6.45, 7) is 16.0. The van der Waals surface area contributed by atoms with Crippen LogP contribution in [0.5, 0.6) is 0 Å². The molecule has 0 aromatic carbocycles. The van der Waals surface area contributed by atoms with E-state index in [1.54, 1.807) is 0 Å². The fraction of sp³-hybridized carbons (Fsp3) is 0.857. The normalized spacial score (nSPS) is 33.6. The van der Waals surface area contributed by atoms with Crippen molar-refractivity contribution in [3.05, 3.63) is 23.8 Å². The van der Waals surface area contributed by atoms with Gasteiger partial charge in [0.05, 0.1) is 17.8 Å². The molecule has 3 heteroatoms. The lowest BCUT2D eigenvalue weighted by molar-refractivity contribution is 0.0321. The Bertz CT molecular complexity index is 615. The molecule has 0 radical (unpaired) electrons. The number of hydrogen-bond acceptors (Lipinski definition) is 3. The minimum absolute atomic E-state index is 0.236. The molecule has 0 aromatic heterocycles. The molecule has 0 heterocycles. The van der Waals surface area contributed by atoms with Crippen molar-refractivity contribution in [2.45, 2.75) is 124 Å². The minimum atomic E-state index is -0.548. The van der Waals surface area contributed by atoms with Gasteiger partial charge in [0, 0.05) is 0 Å². The molecule has 2 rings (SSSR count). The van der Waals surface area contributed by atoms with Crippen LogP contribution in [0.4, 0.5) is 0 Å². The molecule has 3 nitrogen and oxygen atoms in total. The average molecular weight is 435 g/mol. The van der Waals surface area contributed by atoms with Gasteiger partial charge < -0.3 is 15.3 Å². The van der Waals surface area contributed by atoms with Gasteiger partial charge in [-0.05, 0) is 87.4 Å². The first-order valence-corrected chi connectivity index (χ1v) is 12.7. The maximum absolute atomic E-state index is 9.97. The lowest BCUT2D eigenvalue weighted by Gasteiger charge is -2.46. The summed E-state index contributed by atoms with van der Waals surface area (Å²) in [6, 6.07) is 0. The standard InChI is InChI=1S/C28H50O3/c1-20(10-9-14-26(3,4)31)16-21(2)28(7)15-13-23(27(28,5)6)12-8-11-22-17-24(29)19-25(30)18-22/h8,11-12,20-21,23-25,29-31H,9-10,13-19H2,1-7H3/b12-8+/t20?,21-,23-,24-,25-,28-/m1/s1. The quantitative estimate of drug-likeness (QED) is 0.392. The van der Waals surface area contributed by atoms with E-state index < -0.39 is 17.8 Å². The Morgan fingerprint density at radius 1 is 1.10 bits per heavy atom. The van der Waals surface area contributed by atoms with Gasteiger partial charge in [0.2, 0.25) is 0 Å². The van der Waals surface area contributed by atoms with Crippen LogP contribution in [0.25, 0.3) is 0 Å². The van der Waals surface area contributed by atoms with Gasteiger partial charge in [-0.1, -0.05) is 71.3 Å². The molecule has 31 heavy (non-hydrogen) atoms. The van der Waals surface area contributed by atoms with Crippen LogP contribution in [-0.2, 0) is 0 Å². The van der Waals surface area contributed by atoms with Gasteiger partial charge in [-0.25, -0.2) is 0 Å². The lowest BCUT2D eigenvalue weighted by Crippen LogP contribution is -2.39. The maximum atomic E-state index is 9.97. The molecule has 0 amide bonds. The molecule has 3 N–H and O–H groups in total. The Morgan fingerprint density at radius 2 is 1.71 bits per heavy atom. The van der Waals surface area contributed by atoms with Crippen LogP contribution in [-0.4, -0.2) is 33.1 Å². The molecule has 0 saturated heterocycles. The van der Waals surface area contributed by atoms with Gasteiger partial charge in [-0.3, -0.25) is 0 Å². The van der Waals surface area contributed by atoms with Crippen molar-refractivity contribution in [2.75, 3.05) is 0 Å². The predicted octanol–water partition coefficient (Wildman–Crippen LogP) is 6.42. The zero-order valence-corrected chi connectivity index (χ0v) is 21.3. The van der Waals surface area contributed by atoms with Crippen molar-refractivity contribution in [3.8, 4) is 0 Å². The van der Waals surface area contributed by atoms with Crippen LogP contribution in [0.1, 0.15) is 106 Å². The molecule has 180 valence electrons. The molecular weight excluding hydrogens is 384 g/mol.